The van der Waals surface area contributed by atoms with Crippen LogP contribution in [0.3, 0.4) is 0 Å². The van der Waals surface area contributed by atoms with Crippen molar-refractivity contribution in [3.05, 3.63) is 22.1 Å². The number of nitrogens with one attached hydrogen (secondary N) is 1. The molecule has 0 aromatic carbocycles. The van der Waals surface area contributed by atoms with Gasteiger partial charge in [0, 0.05) is 18.8 Å². The molecule has 1 aromatic heterocycles. The van der Waals surface area contributed by atoms with Crippen LogP contribution in [0.4, 0.5) is 5.95 Å². The van der Waals surface area contributed by atoms with E-state index >= 15 is 0 Å². The Hall–Kier alpha value is -1.83. The maximum Gasteiger partial charge on any atom is 0.252 e. The molecule has 0 unspecified atom stereocenters. The van der Waals surface area contributed by atoms with E-state index in [1.54, 1.807) is 6.92 Å². The van der Waals surface area contributed by atoms with Gasteiger partial charge in [-0.05, 0) is 6.92 Å². The van der Waals surface area contributed by atoms with Crippen molar-refractivity contribution in [2.75, 3.05) is 11.9 Å². The van der Waals surface area contributed by atoms with E-state index in [-0.39, 0.29) is 11.5 Å². The predicted octanol–water partition coefficient (Wildman–Crippen LogP) is -0.00440. The summed E-state index contributed by atoms with van der Waals surface area (Å²) < 4.78 is 0. The number of nitriles is 1. The first-order valence-corrected chi connectivity index (χ1v) is 3.35. The Labute approximate surface area is 69.3 Å². The van der Waals surface area contributed by atoms with Gasteiger partial charge in [-0.15, -0.1) is 0 Å². The Morgan fingerprint density at radius 3 is 2.92 bits per heavy atom. The van der Waals surface area contributed by atoms with Crippen molar-refractivity contribution < 1.29 is 0 Å². The molecule has 0 aliphatic rings. The summed E-state index contributed by atoms with van der Waals surface area (Å²) >= 11 is 0. The minimum atomic E-state index is -0.250. The van der Waals surface area contributed by atoms with Gasteiger partial charge in [0.1, 0.15) is 0 Å². The van der Waals surface area contributed by atoms with Gasteiger partial charge in [0.05, 0.1) is 0 Å². The summed E-state index contributed by atoms with van der Waals surface area (Å²) in [5, 5.41) is 8.48. The van der Waals surface area contributed by atoms with Gasteiger partial charge in [0.25, 0.3) is 5.56 Å². The Bertz CT molecular complexity index is 376. The van der Waals surface area contributed by atoms with Crippen molar-refractivity contribution in [2.45, 2.75) is 6.92 Å². The molecule has 0 saturated heterocycles. The first kappa shape index (κ1) is 8.27. The highest BCUT2D eigenvalue weighted by Gasteiger charge is 2.01. The fourth-order valence-corrected chi connectivity index (χ4v) is 0.769. The third kappa shape index (κ3) is 1.61. The molecule has 5 nitrogen and oxygen atoms in total. The summed E-state index contributed by atoms with van der Waals surface area (Å²) in [6.45, 7) is 1.70. The number of hydrogen-bond acceptors (Lipinski definition) is 4. The van der Waals surface area contributed by atoms with Crippen molar-refractivity contribution in [2.24, 2.45) is 0 Å². The quantitative estimate of drug-likeness (QED) is 0.468. The monoisotopic (exact) mass is 164 g/mol. The van der Waals surface area contributed by atoms with Crippen LogP contribution in [-0.2, 0) is 0 Å². The largest absolute Gasteiger partial charge is 0.292 e. The van der Waals surface area contributed by atoms with E-state index in [1.807, 2.05) is 6.19 Å². The zero-order chi connectivity index (χ0) is 9.14. The fourth-order valence-electron chi connectivity index (χ4n) is 0.769. The van der Waals surface area contributed by atoms with Crippen molar-refractivity contribution in [3.8, 4) is 6.19 Å². The molecule has 1 N–H and O–H groups in total. The molecular formula is C7H8N4O. The number of hydrogen-bond donors (Lipinski definition) is 1. The van der Waals surface area contributed by atoms with Crippen molar-refractivity contribution in [3.63, 3.8) is 0 Å². The van der Waals surface area contributed by atoms with Gasteiger partial charge >= 0.3 is 0 Å². The van der Waals surface area contributed by atoms with Crippen molar-refractivity contribution in [1.29, 1.82) is 5.26 Å². The molecular weight excluding hydrogens is 156 g/mol. The summed E-state index contributed by atoms with van der Waals surface area (Å²) in [6.07, 6.45) is 1.84. The maximum atomic E-state index is 10.9. The lowest BCUT2D eigenvalue weighted by atomic mass is 10.4. The van der Waals surface area contributed by atoms with E-state index in [9.17, 15) is 4.79 Å². The molecule has 0 amide bonds. The Kier molecular flexibility index (Phi) is 2.10. The van der Waals surface area contributed by atoms with E-state index in [0.717, 1.165) is 0 Å². The molecule has 0 atom stereocenters. The molecule has 0 radical (unpaired) electrons. The van der Waals surface area contributed by atoms with Crippen LogP contribution in [0.15, 0.2) is 10.9 Å². The molecule has 0 aliphatic heterocycles. The Morgan fingerprint density at radius 2 is 2.42 bits per heavy atom. The molecule has 0 bridgehead atoms. The van der Waals surface area contributed by atoms with Crippen LogP contribution in [0.5, 0.6) is 0 Å². The number of aromatic amines is 1. The average Bonchev–Trinajstić information content (AvgIpc) is 2.01. The summed E-state index contributed by atoms with van der Waals surface area (Å²) in [5.41, 5.74) is 0.343. The molecule has 1 aromatic rings. The molecule has 5 heteroatoms. The van der Waals surface area contributed by atoms with E-state index in [1.165, 1.54) is 18.0 Å². The highest BCUT2D eigenvalue weighted by atomic mass is 16.1. The van der Waals surface area contributed by atoms with Crippen LogP contribution in [0.1, 0.15) is 5.69 Å². The number of nitrogens with zero attached hydrogens (tertiary/aromatic N) is 3. The summed E-state index contributed by atoms with van der Waals surface area (Å²) in [6, 6.07) is 1.37. The Balaban J connectivity index is 3.19. The summed E-state index contributed by atoms with van der Waals surface area (Å²) in [5.74, 6) is 0.266. The van der Waals surface area contributed by atoms with Crippen LogP contribution in [0.25, 0.3) is 0 Å². The highest BCUT2D eigenvalue weighted by molar-refractivity contribution is 5.34. The van der Waals surface area contributed by atoms with Crippen molar-refractivity contribution >= 4 is 5.95 Å². The molecule has 12 heavy (non-hydrogen) atoms. The van der Waals surface area contributed by atoms with Gasteiger partial charge in [-0.2, -0.15) is 5.26 Å². The number of rotatable bonds is 1. The van der Waals surface area contributed by atoms with E-state index in [4.69, 9.17) is 5.26 Å². The number of aromatic nitrogens is 2. The SMILES string of the molecule is Cc1cc(=O)[nH]c(N(C)C#N)n1. The zero-order valence-electron chi connectivity index (χ0n) is 6.83. The third-order valence-corrected chi connectivity index (χ3v) is 1.32. The third-order valence-electron chi connectivity index (χ3n) is 1.32. The van der Waals surface area contributed by atoms with Gasteiger partial charge < -0.3 is 0 Å². The Morgan fingerprint density at radius 1 is 1.75 bits per heavy atom. The molecule has 1 heterocycles. The minimum absolute atomic E-state index is 0.250. The van der Waals surface area contributed by atoms with Crippen LogP contribution in [-0.4, -0.2) is 17.0 Å². The number of aryl methyl sites for hydroxylation is 1. The molecule has 0 fully saturated rings. The van der Waals surface area contributed by atoms with Crippen LogP contribution in [0.2, 0.25) is 0 Å². The minimum Gasteiger partial charge on any atom is -0.292 e. The lowest BCUT2D eigenvalue weighted by Gasteiger charge is -2.06. The number of anilines is 1. The lowest BCUT2D eigenvalue weighted by molar-refractivity contribution is 0.993. The second-order valence-corrected chi connectivity index (χ2v) is 2.37. The van der Waals surface area contributed by atoms with Gasteiger partial charge in [-0.3, -0.25) is 14.7 Å². The second-order valence-electron chi connectivity index (χ2n) is 2.37. The predicted molar refractivity (Wildman–Crippen MR) is 43.6 cm³/mol. The molecule has 62 valence electrons. The van der Waals surface area contributed by atoms with Gasteiger partial charge in [-0.25, -0.2) is 4.98 Å². The normalized spacial score (nSPS) is 9.08. The molecule has 0 spiro atoms. The topological polar surface area (TPSA) is 72.8 Å². The smallest absolute Gasteiger partial charge is 0.252 e. The van der Waals surface area contributed by atoms with Gasteiger partial charge in [0.15, 0.2) is 6.19 Å². The highest BCUT2D eigenvalue weighted by Crippen LogP contribution is 1.99. The van der Waals surface area contributed by atoms with Crippen LogP contribution < -0.4 is 10.5 Å². The van der Waals surface area contributed by atoms with Gasteiger partial charge in [0.2, 0.25) is 5.95 Å². The summed E-state index contributed by atoms with van der Waals surface area (Å²) in [4.78, 5) is 18.5. The fraction of sp³-hybridized carbons (Fsp3) is 0.286. The molecule has 1 rings (SSSR count). The first-order valence-electron chi connectivity index (χ1n) is 3.35. The first-order chi connectivity index (χ1) is 5.63. The number of H-pyrrole nitrogens is 1. The maximum absolute atomic E-state index is 10.9. The van der Waals surface area contributed by atoms with Crippen LogP contribution in [0, 0.1) is 18.4 Å². The van der Waals surface area contributed by atoms with E-state index in [0.29, 0.717) is 5.69 Å². The van der Waals surface area contributed by atoms with Gasteiger partial charge in [-0.1, -0.05) is 0 Å². The van der Waals surface area contributed by atoms with Crippen LogP contribution >= 0.6 is 0 Å². The second kappa shape index (κ2) is 3.05. The lowest BCUT2D eigenvalue weighted by Crippen LogP contribution is -2.18. The summed E-state index contributed by atoms with van der Waals surface area (Å²) in [7, 11) is 1.53. The van der Waals surface area contributed by atoms with E-state index in [2.05, 4.69) is 9.97 Å². The van der Waals surface area contributed by atoms with Crippen molar-refractivity contribution in [1.82, 2.24) is 9.97 Å². The average molecular weight is 164 g/mol. The molecule has 0 saturated carbocycles. The van der Waals surface area contributed by atoms with E-state index < -0.39 is 0 Å². The standard InChI is InChI=1S/C7H8N4O/c1-5-3-6(12)10-7(9-5)11(2)4-8/h3H,1-2H3,(H,9,10,12). The molecule has 0 aliphatic carbocycles. The zero-order valence-corrected chi connectivity index (χ0v) is 6.83.